The molecule has 1 heterocycles. The normalized spacial score (nSPS) is 12.3. The topological polar surface area (TPSA) is 55.1 Å². The molecule has 1 unspecified atom stereocenters. The number of carboxylic acids is 1. The zero-order valence-corrected chi connectivity index (χ0v) is 13.8. The fourth-order valence-corrected chi connectivity index (χ4v) is 2.91. The van der Waals surface area contributed by atoms with Gasteiger partial charge in [0.25, 0.3) is 0 Å². The number of aromatic nitrogens is 2. The standard InChI is InChI=1S/C16H19BrN2O2/c1-3-19-14(8-11(2)18-19)10-13(16(20)21)9-12-6-4-5-7-15(12)17/h4-8,13H,3,9-10H2,1-2H3,(H,20,21). The Bertz CT molecular complexity index is 637. The van der Waals surface area contributed by atoms with Crippen LogP contribution in [-0.4, -0.2) is 20.9 Å². The van der Waals surface area contributed by atoms with Gasteiger partial charge in [-0.1, -0.05) is 34.1 Å². The van der Waals surface area contributed by atoms with Gasteiger partial charge in [0.15, 0.2) is 0 Å². The molecule has 2 aromatic rings. The van der Waals surface area contributed by atoms with Gasteiger partial charge in [-0.3, -0.25) is 9.48 Å². The highest BCUT2D eigenvalue weighted by atomic mass is 79.9. The summed E-state index contributed by atoms with van der Waals surface area (Å²) in [6.07, 6.45) is 0.996. The van der Waals surface area contributed by atoms with E-state index < -0.39 is 11.9 Å². The molecule has 1 aromatic carbocycles. The molecule has 112 valence electrons. The third kappa shape index (κ3) is 3.94. The van der Waals surface area contributed by atoms with Gasteiger partial charge in [0, 0.05) is 23.1 Å². The molecule has 0 saturated heterocycles. The van der Waals surface area contributed by atoms with Crippen molar-refractivity contribution in [2.45, 2.75) is 33.2 Å². The van der Waals surface area contributed by atoms with E-state index in [0.717, 1.165) is 28.0 Å². The van der Waals surface area contributed by atoms with E-state index in [0.29, 0.717) is 12.8 Å². The number of rotatable bonds is 6. The molecule has 0 fully saturated rings. The molecule has 0 aliphatic heterocycles. The van der Waals surface area contributed by atoms with Gasteiger partial charge in [0.2, 0.25) is 0 Å². The van der Waals surface area contributed by atoms with Crippen molar-refractivity contribution in [3.63, 3.8) is 0 Å². The van der Waals surface area contributed by atoms with E-state index >= 15 is 0 Å². The number of carboxylic acid groups (broad SMARTS) is 1. The summed E-state index contributed by atoms with van der Waals surface area (Å²) in [5, 5.41) is 13.9. The quantitative estimate of drug-likeness (QED) is 0.867. The Balaban J connectivity index is 2.20. The Morgan fingerprint density at radius 2 is 2.10 bits per heavy atom. The third-order valence-corrected chi connectivity index (χ3v) is 4.29. The largest absolute Gasteiger partial charge is 0.481 e. The van der Waals surface area contributed by atoms with Crippen LogP contribution in [0.15, 0.2) is 34.8 Å². The van der Waals surface area contributed by atoms with Gasteiger partial charge in [-0.05, 0) is 38.0 Å². The predicted molar refractivity (Wildman–Crippen MR) is 85.3 cm³/mol. The highest BCUT2D eigenvalue weighted by Gasteiger charge is 2.21. The van der Waals surface area contributed by atoms with E-state index in [9.17, 15) is 9.90 Å². The molecule has 0 bridgehead atoms. The minimum Gasteiger partial charge on any atom is -0.481 e. The van der Waals surface area contributed by atoms with E-state index in [-0.39, 0.29) is 0 Å². The number of carbonyl (C=O) groups is 1. The van der Waals surface area contributed by atoms with Crippen molar-refractivity contribution >= 4 is 21.9 Å². The molecule has 0 saturated carbocycles. The van der Waals surface area contributed by atoms with E-state index in [1.165, 1.54) is 0 Å². The van der Waals surface area contributed by atoms with E-state index in [2.05, 4.69) is 21.0 Å². The van der Waals surface area contributed by atoms with Crippen molar-refractivity contribution in [2.75, 3.05) is 0 Å². The molecule has 21 heavy (non-hydrogen) atoms. The Kier molecular flexibility index (Phi) is 5.17. The van der Waals surface area contributed by atoms with Crippen LogP contribution in [0.1, 0.15) is 23.9 Å². The van der Waals surface area contributed by atoms with Crippen molar-refractivity contribution in [3.8, 4) is 0 Å². The van der Waals surface area contributed by atoms with Gasteiger partial charge < -0.3 is 5.11 Å². The van der Waals surface area contributed by atoms with Crippen LogP contribution in [-0.2, 0) is 24.2 Å². The smallest absolute Gasteiger partial charge is 0.307 e. The fraction of sp³-hybridized carbons (Fsp3) is 0.375. The van der Waals surface area contributed by atoms with Crippen molar-refractivity contribution < 1.29 is 9.90 Å². The lowest BCUT2D eigenvalue weighted by atomic mass is 9.94. The van der Waals surface area contributed by atoms with Gasteiger partial charge >= 0.3 is 5.97 Å². The lowest BCUT2D eigenvalue weighted by Gasteiger charge is -2.14. The van der Waals surface area contributed by atoms with Gasteiger partial charge in [0.1, 0.15) is 0 Å². The second-order valence-electron chi connectivity index (χ2n) is 5.13. The number of aliphatic carboxylic acids is 1. The molecule has 0 spiro atoms. The van der Waals surface area contributed by atoms with E-state index in [4.69, 9.17) is 0 Å². The summed E-state index contributed by atoms with van der Waals surface area (Å²) in [7, 11) is 0. The highest BCUT2D eigenvalue weighted by Crippen LogP contribution is 2.22. The molecule has 1 atom stereocenters. The highest BCUT2D eigenvalue weighted by molar-refractivity contribution is 9.10. The predicted octanol–water partition coefficient (Wildman–Crippen LogP) is 3.46. The van der Waals surface area contributed by atoms with Crippen LogP contribution in [0.25, 0.3) is 0 Å². The number of halogens is 1. The Hall–Kier alpha value is -1.62. The van der Waals surface area contributed by atoms with Crippen LogP contribution >= 0.6 is 15.9 Å². The lowest BCUT2D eigenvalue weighted by molar-refractivity contribution is -0.141. The first-order valence-electron chi connectivity index (χ1n) is 7.00. The molecular weight excluding hydrogens is 332 g/mol. The third-order valence-electron chi connectivity index (χ3n) is 3.51. The Morgan fingerprint density at radius 3 is 2.71 bits per heavy atom. The van der Waals surface area contributed by atoms with Gasteiger partial charge in [-0.15, -0.1) is 0 Å². The second kappa shape index (κ2) is 6.89. The van der Waals surface area contributed by atoms with Crippen molar-refractivity contribution in [3.05, 3.63) is 51.8 Å². The molecule has 0 aliphatic rings. The first kappa shape index (κ1) is 15.8. The lowest BCUT2D eigenvalue weighted by Crippen LogP contribution is -2.21. The number of nitrogens with zero attached hydrogens (tertiary/aromatic N) is 2. The number of hydrogen-bond donors (Lipinski definition) is 1. The molecule has 4 nitrogen and oxygen atoms in total. The van der Waals surface area contributed by atoms with Crippen LogP contribution in [0.3, 0.4) is 0 Å². The summed E-state index contributed by atoms with van der Waals surface area (Å²) in [4.78, 5) is 11.6. The molecule has 0 radical (unpaired) electrons. The van der Waals surface area contributed by atoms with Gasteiger partial charge in [-0.25, -0.2) is 0 Å². The molecule has 2 rings (SSSR count). The van der Waals surface area contributed by atoms with Gasteiger partial charge in [-0.2, -0.15) is 5.10 Å². The Labute approximate surface area is 132 Å². The summed E-state index contributed by atoms with van der Waals surface area (Å²) >= 11 is 3.48. The minimum absolute atomic E-state index is 0.454. The number of hydrogen-bond acceptors (Lipinski definition) is 2. The summed E-state index contributed by atoms with van der Waals surface area (Å²) in [5.74, 6) is -1.22. The van der Waals surface area contributed by atoms with Gasteiger partial charge in [0.05, 0.1) is 11.6 Å². The summed E-state index contributed by atoms with van der Waals surface area (Å²) in [6.45, 7) is 4.70. The SMILES string of the molecule is CCn1nc(C)cc1CC(Cc1ccccc1Br)C(=O)O. The first-order chi connectivity index (χ1) is 10.0. The summed E-state index contributed by atoms with van der Waals surface area (Å²) in [6, 6.07) is 9.73. The zero-order valence-electron chi connectivity index (χ0n) is 12.2. The maximum absolute atomic E-state index is 11.6. The van der Waals surface area contributed by atoms with Crippen LogP contribution < -0.4 is 0 Å². The van der Waals surface area contributed by atoms with E-state index in [1.54, 1.807) is 0 Å². The zero-order chi connectivity index (χ0) is 15.4. The molecular formula is C16H19BrN2O2. The Morgan fingerprint density at radius 1 is 1.38 bits per heavy atom. The molecule has 0 aliphatic carbocycles. The monoisotopic (exact) mass is 350 g/mol. The van der Waals surface area contributed by atoms with Crippen LogP contribution in [0.4, 0.5) is 0 Å². The average molecular weight is 351 g/mol. The fourth-order valence-electron chi connectivity index (χ4n) is 2.47. The number of aryl methyl sites for hydroxylation is 2. The van der Waals surface area contributed by atoms with Crippen LogP contribution in [0.5, 0.6) is 0 Å². The maximum atomic E-state index is 11.6. The first-order valence-corrected chi connectivity index (χ1v) is 7.80. The van der Waals surface area contributed by atoms with Crippen molar-refractivity contribution in [2.24, 2.45) is 5.92 Å². The van der Waals surface area contributed by atoms with Crippen LogP contribution in [0.2, 0.25) is 0 Å². The van der Waals surface area contributed by atoms with Crippen molar-refractivity contribution in [1.29, 1.82) is 0 Å². The number of benzene rings is 1. The maximum Gasteiger partial charge on any atom is 0.307 e. The molecule has 0 amide bonds. The van der Waals surface area contributed by atoms with Crippen LogP contribution in [0, 0.1) is 12.8 Å². The van der Waals surface area contributed by atoms with Crippen molar-refractivity contribution in [1.82, 2.24) is 9.78 Å². The summed E-state index contributed by atoms with van der Waals surface area (Å²) < 4.78 is 2.84. The summed E-state index contributed by atoms with van der Waals surface area (Å²) in [5.41, 5.74) is 2.93. The van der Waals surface area contributed by atoms with E-state index in [1.807, 2.05) is 48.9 Å². The molecule has 1 N–H and O–H groups in total. The average Bonchev–Trinajstić information content (AvgIpc) is 2.80. The minimum atomic E-state index is -0.771. The molecule has 5 heteroatoms. The molecule has 1 aromatic heterocycles. The second-order valence-corrected chi connectivity index (χ2v) is 5.98.